The average molecular weight is 327 g/mol. The van der Waals surface area contributed by atoms with Crippen LogP contribution in [0.25, 0.3) is 0 Å². The van der Waals surface area contributed by atoms with Gasteiger partial charge >= 0.3 is 5.97 Å². The maximum absolute atomic E-state index is 12.0. The molecule has 0 bridgehead atoms. The van der Waals surface area contributed by atoms with Crippen molar-refractivity contribution < 1.29 is 14.3 Å². The SMILES string of the molecule is CCOC(=O)c1cccnc1N1CC(CBr)CC1=O. The van der Waals surface area contributed by atoms with E-state index in [1.807, 2.05) is 0 Å². The predicted octanol–water partition coefficient (Wildman–Crippen LogP) is 2.01. The van der Waals surface area contributed by atoms with E-state index in [1.54, 1.807) is 30.2 Å². The molecule has 2 heterocycles. The number of hydrogen-bond acceptors (Lipinski definition) is 4. The van der Waals surface area contributed by atoms with Crippen LogP contribution in [0.3, 0.4) is 0 Å². The molecular formula is C13H15BrN2O3. The molecule has 1 saturated heterocycles. The van der Waals surface area contributed by atoms with Gasteiger partial charge in [-0.2, -0.15) is 0 Å². The third kappa shape index (κ3) is 2.94. The zero-order valence-electron chi connectivity index (χ0n) is 10.6. The summed E-state index contributed by atoms with van der Waals surface area (Å²) in [5.74, 6) is 0.202. The molecule has 6 heteroatoms. The summed E-state index contributed by atoms with van der Waals surface area (Å²) < 4.78 is 4.99. The lowest BCUT2D eigenvalue weighted by molar-refractivity contribution is -0.117. The van der Waals surface area contributed by atoms with Crippen LogP contribution in [0.1, 0.15) is 23.7 Å². The number of nitrogens with zero attached hydrogens (tertiary/aromatic N) is 2. The van der Waals surface area contributed by atoms with Crippen molar-refractivity contribution in [3.63, 3.8) is 0 Å². The van der Waals surface area contributed by atoms with Gasteiger partial charge in [0, 0.05) is 24.5 Å². The number of esters is 1. The molecule has 0 N–H and O–H groups in total. The molecule has 2 rings (SSSR count). The zero-order chi connectivity index (χ0) is 13.8. The average Bonchev–Trinajstić information content (AvgIpc) is 2.80. The molecule has 1 amide bonds. The summed E-state index contributed by atoms with van der Waals surface area (Å²) >= 11 is 3.39. The van der Waals surface area contributed by atoms with Crippen molar-refractivity contribution in [3.8, 4) is 0 Å². The van der Waals surface area contributed by atoms with Gasteiger partial charge < -0.3 is 4.74 Å². The molecule has 0 radical (unpaired) electrons. The molecule has 1 unspecified atom stereocenters. The summed E-state index contributed by atoms with van der Waals surface area (Å²) in [5, 5.41) is 0.761. The number of anilines is 1. The first-order valence-corrected chi connectivity index (χ1v) is 7.28. The lowest BCUT2D eigenvalue weighted by Gasteiger charge is -2.17. The largest absolute Gasteiger partial charge is 0.462 e. The second-order valence-electron chi connectivity index (χ2n) is 4.32. The quantitative estimate of drug-likeness (QED) is 0.627. The minimum Gasteiger partial charge on any atom is -0.462 e. The van der Waals surface area contributed by atoms with Crippen LogP contribution in [0, 0.1) is 5.92 Å². The molecule has 0 aromatic carbocycles. The monoisotopic (exact) mass is 326 g/mol. The lowest BCUT2D eigenvalue weighted by Crippen LogP contribution is -2.28. The Morgan fingerprint density at radius 1 is 1.63 bits per heavy atom. The number of aromatic nitrogens is 1. The van der Waals surface area contributed by atoms with Crippen molar-refractivity contribution in [1.29, 1.82) is 0 Å². The summed E-state index contributed by atoms with van der Waals surface area (Å²) in [5.41, 5.74) is 0.341. The first-order valence-electron chi connectivity index (χ1n) is 6.15. The van der Waals surface area contributed by atoms with E-state index in [9.17, 15) is 9.59 Å². The highest BCUT2D eigenvalue weighted by Crippen LogP contribution is 2.27. The van der Waals surface area contributed by atoms with Crippen LogP contribution >= 0.6 is 15.9 Å². The molecule has 0 spiro atoms. The summed E-state index contributed by atoms with van der Waals surface area (Å²) in [4.78, 5) is 29.6. The van der Waals surface area contributed by atoms with E-state index >= 15 is 0 Å². The summed E-state index contributed by atoms with van der Waals surface area (Å²) in [6.45, 7) is 2.62. The van der Waals surface area contributed by atoms with Gasteiger partial charge in [0.05, 0.1) is 6.61 Å². The van der Waals surface area contributed by atoms with E-state index in [-0.39, 0.29) is 11.8 Å². The minimum absolute atomic E-state index is 0.00583. The molecule has 0 saturated carbocycles. The zero-order valence-corrected chi connectivity index (χ0v) is 12.2. The number of carbonyl (C=O) groups is 2. The van der Waals surface area contributed by atoms with E-state index in [1.165, 1.54) is 0 Å². The van der Waals surface area contributed by atoms with Crippen molar-refractivity contribution in [1.82, 2.24) is 4.98 Å². The van der Waals surface area contributed by atoms with Gasteiger partial charge in [-0.25, -0.2) is 9.78 Å². The predicted molar refractivity (Wildman–Crippen MR) is 74.4 cm³/mol. The summed E-state index contributed by atoms with van der Waals surface area (Å²) in [7, 11) is 0. The normalized spacial score (nSPS) is 18.7. The Kier molecular flexibility index (Phi) is 4.52. The number of amides is 1. The molecule has 102 valence electrons. The molecule has 1 aromatic heterocycles. The van der Waals surface area contributed by atoms with Crippen molar-refractivity contribution in [2.75, 3.05) is 23.4 Å². The number of ether oxygens (including phenoxy) is 1. The van der Waals surface area contributed by atoms with Crippen molar-refractivity contribution in [3.05, 3.63) is 23.9 Å². The van der Waals surface area contributed by atoms with Gasteiger partial charge in [-0.05, 0) is 25.0 Å². The second-order valence-corrected chi connectivity index (χ2v) is 4.97. The molecule has 1 atom stereocenters. The van der Waals surface area contributed by atoms with Crippen LogP contribution in [0.2, 0.25) is 0 Å². The van der Waals surface area contributed by atoms with Gasteiger partial charge in [-0.3, -0.25) is 9.69 Å². The van der Waals surface area contributed by atoms with Crippen molar-refractivity contribution in [2.24, 2.45) is 5.92 Å². The van der Waals surface area contributed by atoms with E-state index in [0.717, 1.165) is 5.33 Å². The van der Waals surface area contributed by atoms with Crippen LogP contribution in [-0.4, -0.2) is 35.3 Å². The summed E-state index contributed by atoms with van der Waals surface area (Å²) in [6, 6.07) is 3.30. The molecule has 1 aliphatic rings. The Morgan fingerprint density at radius 3 is 3.05 bits per heavy atom. The Morgan fingerprint density at radius 2 is 2.42 bits per heavy atom. The van der Waals surface area contributed by atoms with Crippen LogP contribution in [0.15, 0.2) is 18.3 Å². The van der Waals surface area contributed by atoms with Crippen LogP contribution in [0.4, 0.5) is 5.82 Å². The third-order valence-electron chi connectivity index (χ3n) is 2.96. The van der Waals surface area contributed by atoms with Crippen molar-refractivity contribution in [2.45, 2.75) is 13.3 Å². The first kappa shape index (κ1) is 14.0. The maximum Gasteiger partial charge on any atom is 0.341 e. The molecule has 1 fully saturated rings. The van der Waals surface area contributed by atoms with Gasteiger partial charge in [-0.1, -0.05) is 15.9 Å². The van der Waals surface area contributed by atoms with E-state index in [2.05, 4.69) is 20.9 Å². The fourth-order valence-corrected chi connectivity index (χ4v) is 2.50. The van der Waals surface area contributed by atoms with Gasteiger partial charge in [0.1, 0.15) is 11.4 Å². The van der Waals surface area contributed by atoms with Gasteiger partial charge in [0.2, 0.25) is 5.91 Å². The third-order valence-corrected chi connectivity index (χ3v) is 3.88. The molecule has 1 aliphatic heterocycles. The Labute approximate surface area is 120 Å². The number of alkyl halides is 1. The first-order chi connectivity index (χ1) is 9.17. The highest BCUT2D eigenvalue weighted by Gasteiger charge is 2.33. The highest BCUT2D eigenvalue weighted by molar-refractivity contribution is 9.09. The van der Waals surface area contributed by atoms with Gasteiger partial charge in [-0.15, -0.1) is 0 Å². The molecule has 0 aliphatic carbocycles. The minimum atomic E-state index is -0.444. The number of carbonyl (C=O) groups excluding carboxylic acids is 2. The highest BCUT2D eigenvalue weighted by atomic mass is 79.9. The Hall–Kier alpha value is -1.43. The number of halogens is 1. The molecule has 19 heavy (non-hydrogen) atoms. The maximum atomic E-state index is 12.0. The Balaban J connectivity index is 2.30. The molecule has 5 nitrogen and oxygen atoms in total. The number of pyridine rings is 1. The molecule has 1 aromatic rings. The van der Waals surface area contributed by atoms with E-state index in [0.29, 0.717) is 31.0 Å². The van der Waals surface area contributed by atoms with Crippen LogP contribution in [-0.2, 0) is 9.53 Å². The van der Waals surface area contributed by atoms with Crippen LogP contribution < -0.4 is 4.90 Å². The number of hydrogen-bond donors (Lipinski definition) is 0. The topological polar surface area (TPSA) is 59.5 Å². The fourth-order valence-electron chi connectivity index (χ4n) is 2.07. The molecular weight excluding hydrogens is 312 g/mol. The van der Waals surface area contributed by atoms with E-state index < -0.39 is 5.97 Å². The fraction of sp³-hybridized carbons (Fsp3) is 0.462. The van der Waals surface area contributed by atoms with E-state index in [4.69, 9.17) is 4.74 Å². The lowest BCUT2D eigenvalue weighted by atomic mass is 10.2. The van der Waals surface area contributed by atoms with Gasteiger partial charge in [0.25, 0.3) is 0 Å². The summed E-state index contributed by atoms with van der Waals surface area (Å²) in [6.07, 6.45) is 2.05. The Bertz CT molecular complexity index is 493. The second kappa shape index (κ2) is 6.14. The smallest absolute Gasteiger partial charge is 0.341 e. The number of rotatable bonds is 4. The van der Waals surface area contributed by atoms with Gasteiger partial charge in [0.15, 0.2) is 0 Å². The van der Waals surface area contributed by atoms with Crippen molar-refractivity contribution >= 4 is 33.6 Å². The standard InChI is InChI=1S/C13H15BrN2O3/c1-2-19-13(18)10-4-3-5-15-12(10)16-8-9(7-14)6-11(16)17/h3-5,9H,2,6-8H2,1H3. The van der Waals surface area contributed by atoms with Crippen LogP contribution in [0.5, 0.6) is 0 Å².